The monoisotopic (exact) mass is 423 g/mol. The lowest BCUT2D eigenvalue weighted by molar-refractivity contribution is -0.159. The summed E-state index contributed by atoms with van der Waals surface area (Å²) in [7, 11) is 0. The average Bonchev–Trinajstić information content (AvgIpc) is 3.01. The molecule has 1 aliphatic rings. The van der Waals surface area contributed by atoms with Gasteiger partial charge in [-0.3, -0.25) is 4.79 Å². The van der Waals surface area contributed by atoms with Gasteiger partial charge in [0.15, 0.2) is 5.54 Å². The highest BCUT2D eigenvalue weighted by Crippen LogP contribution is 2.46. The number of likely N-dealkylation sites (tertiary alicyclic amines) is 1. The molecule has 6 heteroatoms. The molecule has 0 bridgehead atoms. The summed E-state index contributed by atoms with van der Waals surface area (Å²) in [5.74, 6) is -1.62. The molecule has 2 amide bonds. The van der Waals surface area contributed by atoms with Crippen LogP contribution in [0, 0.1) is 0 Å². The molecule has 0 aliphatic carbocycles. The molecule has 0 N–H and O–H groups in total. The molecule has 0 radical (unpaired) electrons. The summed E-state index contributed by atoms with van der Waals surface area (Å²) in [6.07, 6.45) is -0.688. The van der Waals surface area contributed by atoms with Gasteiger partial charge in [-0.1, -0.05) is 60.7 Å². The first-order valence-electron chi connectivity index (χ1n) is 10.5. The second-order valence-corrected chi connectivity index (χ2v) is 8.68. The van der Waals surface area contributed by atoms with Crippen molar-refractivity contribution in [1.82, 2.24) is 4.90 Å². The maximum absolute atomic E-state index is 13.6. The van der Waals surface area contributed by atoms with E-state index >= 15 is 0 Å². The highest BCUT2D eigenvalue weighted by Gasteiger charge is 2.62. The van der Waals surface area contributed by atoms with Crippen LogP contribution in [0.5, 0.6) is 0 Å². The zero-order valence-electron chi connectivity index (χ0n) is 18.5. The van der Waals surface area contributed by atoms with Gasteiger partial charge >= 0.3 is 12.1 Å². The molecule has 1 fully saturated rings. The maximum Gasteiger partial charge on any atom is 0.418 e. The molecule has 0 aromatic heterocycles. The van der Waals surface area contributed by atoms with Crippen LogP contribution in [0.2, 0.25) is 0 Å². The summed E-state index contributed by atoms with van der Waals surface area (Å²) in [5, 5.41) is 0. The standard InChI is InChI=1S/C25H29NO5/c1-5-30-22(28)25(17-18-12-8-6-9-13-18)20(19-14-10-7-11-15-19)16-21(27)26(25)23(29)31-24(2,3)4/h6-15,20H,5,16-17H2,1-4H3/t20-,25-/m0/s1. The minimum absolute atomic E-state index is 0.00883. The fraction of sp³-hybridized carbons (Fsp3) is 0.400. The Balaban J connectivity index is 2.20. The largest absolute Gasteiger partial charge is 0.464 e. The topological polar surface area (TPSA) is 72.9 Å². The molecule has 1 heterocycles. The van der Waals surface area contributed by atoms with Crippen LogP contribution in [0.3, 0.4) is 0 Å². The Labute approximate surface area is 183 Å². The molecule has 2 aromatic rings. The summed E-state index contributed by atoms with van der Waals surface area (Å²) >= 11 is 0. The molecule has 0 unspecified atom stereocenters. The number of benzene rings is 2. The molecule has 31 heavy (non-hydrogen) atoms. The summed E-state index contributed by atoms with van der Waals surface area (Å²) in [5.41, 5.74) is -0.751. The lowest BCUT2D eigenvalue weighted by Crippen LogP contribution is -2.59. The van der Waals surface area contributed by atoms with Crippen molar-refractivity contribution in [3.63, 3.8) is 0 Å². The number of carbonyl (C=O) groups excluding carboxylic acids is 3. The number of esters is 1. The second kappa shape index (κ2) is 8.92. The molecule has 164 valence electrons. The van der Waals surface area contributed by atoms with Crippen molar-refractivity contribution >= 4 is 18.0 Å². The van der Waals surface area contributed by atoms with E-state index in [4.69, 9.17) is 9.47 Å². The summed E-state index contributed by atoms with van der Waals surface area (Å²) in [4.78, 5) is 41.0. The van der Waals surface area contributed by atoms with E-state index in [9.17, 15) is 14.4 Å². The Morgan fingerprint density at radius 1 is 1.03 bits per heavy atom. The molecule has 3 rings (SSSR count). The lowest BCUT2D eigenvalue weighted by atomic mass is 9.76. The van der Waals surface area contributed by atoms with E-state index in [1.165, 1.54) is 0 Å². The van der Waals surface area contributed by atoms with Gasteiger partial charge in [0.05, 0.1) is 6.61 Å². The summed E-state index contributed by atoms with van der Waals surface area (Å²) < 4.78 is 11.0. The van der Waals surface area contributed by atoms with Gasteiger partial charge in [0.25, 0.3) is 0 Å². The Morgan fingerprint density at radius 2 is 1.61 bits per heavy atom. The predicted octanol–water partition coefficient (Wildman–Crippen LogP) is 4.48. The van der Waals surface area contributed by atoms with E-state index in [-0.39, 0.29) is 19.4 Å². The molecule has 1 saturated heterocycles. The maximum atomic E-state index is 13.6. The zero-order valence-corrected chi connectivity index (χ0v) is 18.5. The van der Waals surface area contributed by atoms with Crippen molar-refractivity contribution < 1.29 is 23.9 Å². The van der Waals surface area contributed by atoms with Gasteiger partial charge in [-0.15, -0.1) is 0 Å². The molecule has 0 saturated carbocycles. The van der Waals surface area contributed by atoms with E-state index in [0.29, 0.717) is 0 Å². The Morgan fingerprint density at radius 3 is 2.16 bits per heavy atom. The number of hydrogen-bond acceptors (Lipinski definition) is 5. The average molecular weight is 424 g/mol. The van der Waals surface area contributed by atoms with Crippen LogP contribution < -0.4 is 0 Å². The second-order valence-electron chi connectivity index (χ2n) is 8.68. The first kappa shape index (κ1) is 22.5. The van der Waals surface area contributed by atoms with Crippen molar-refractivity contribution in [2.75, 3.05) is 6.61 Å². The number of hydrogen-bond donors (Lipinski definition) is 0. The molecule has 6 nitrogen and oxygen atoms in total. The third-order valence-electron chi connectivity index (χ3n) is 5.33. The van der Waals surface area contributed by atoms with Gasteiger partial charge in [-0.2, -0.15) is 0 Å². The van der Waals surface area contributed by atoms with Crippen LogP contribution >= 0.6 is 0 Å². The van der Waals surface area contributed by atoms with Crippen LogP contribution in [0.1, 0.15) is 51.2 Å². The van der Waals surface area contributed by atoms with E-state index in [2.05, 4.69) is 0 Å². The van der Waals surface area contributed by atoms with E-state index < -0.39 is 35.0 Å². The first-order chi connectivity index (χ1) is 14.7. The molecule has 2 atom stereocenters. The molecule has 0 spiro atoms. The van der Waals surface area contributed by atoms with Crippen LogP contribution in [-0.2, 0) is 25.5 Å². The highest BCUT2D eigenvalue weighted by molar-refractivity contribution is 6.03. The van der Waals surface area contributed by atoms with Gasteiger partial charge in [0, 0.05) is 18.8 Å². The third kappa shape index (κ3) is 4.63. The zero-order chi connectivity index (χ0) is 22.6. The molecule has 2 aromatic carbocycles. The fourth-order valence-electron chi connectivity index (χ4n) is 4.14. The predicted molar refractivity (Wildman–Crippen MR) is 116 cm³/mol. The van der Waals surface area contributed by atoms with Crippen molar-refractivity contribution in [2.24, 2.45) is 0 Å². The van der Waals surface area contributed by atoms with Crippen LogP contribution in [-0.4, -0.2) is 40.6 Å². The molecular weight excluding hydrogens is 394 g/mol. The number of amides is 2. The van der Waals surface area contributed by atoms with Crippen molar-refractivity contribution in [3.8, 4) is 0 Å². The van der Waals surface area contributed by atoms with Gasteiger partial charge in [0.1, 0.15) is 5.60 Å². The van der Waals surface area contributed by atoms with Crippen LogP contribution in [0.25, 0.3) is 0 Å². The van der Waals surface area contributed by atoms with Crippen LogP contribution in [0.4, 0.5) is 4.79 Å². The minimum atomic E-state index is -1.54. The van der Waals surface area contributed by atoms with Crippen molar-refractivity contribution in [1.29, 1.82) is 0 Å². The SMILES string of the molecule is CCOC(=O)[C@]1(Cc2ccccc2)[C@H](c2ccccc2)CC(=O)N1C(=O)OC(C)(C)C. The molecular formula is C25H29NO5. The van der Waals surface area contributed by atoms with Crippen molar-refractivity contribution in [2.45, 2.75) is 57.6 Å². The van der Waals surface area contributed by atoms with E-state index in [0.717, 1.165) is 16.0 Å². The van der Waals surface area contributed by atoms with Gasteiger partial charge in [-0.05, 0) is 38.8 Å². The Bertz CT molecular complexity index is 935. The quantitative estimate of drug-likeness (QED) is 0.663. The lowest BCUT2D eigenvalue weighted by Gasteiger charge is -2.39. The number of ether oxygens (including phenoxy) is 2. The number of rotatable bonds is 5. The van der Waals surface area contributed by atoms with Gasteiger partial charge in [0.2, 0.25) is 5.91 Å². The summed E-state index contributed by atoms with van der Waals surface area (Å²) in [6, 6.07) is 18.7. The number of nitrogens with zero attached hydrogens (tertiary/aromatic N) is 1. The van der Waals surface area contributed by atoms with Gasteiger partial charge < -0.3 is 9.47 Å². The minimum Gasteiger partial charge on any atom is -0.464 e. The number of carbonyl (C=O) groups is 3. The summed E-state index contributed by atoms with van der Waals surface area (Å²) in [6.45, 7) is 7.02. The van der Waals surface area contributed by atoms with E-state index in [1.807, 2.05) is 60.7 Å². The van der Waals surface area contributed by atoms with Crippen molar-refractivity contribution in [3.05, 3.63) is 71.8 Å². The fourth-order valence-corrected chi connectivity index (χ4v) is 4.14. The van der Waals surface area contributed by atoms with E-state index in [1.54, 1.807) is 27.7 Å². The third-order valence-corrected chi connectivity index (χ3v) is 5.33. The Kier molecular flexibility index (Phi) is 6.48. The normalized spacial score (nSPS) is 21.1. The molecule has 1 aliphatic heterocycles. The smallest absolute Gasteiger partial charge is 0.418 e. The Hall–Kier alpha value is -3.15. The highest BCUT2D eigenvalue weighted by atomic mass is 16.6. The number of imide groups is 1. The van der Waals surface area contributed by atoms with Gasteiger partial charge in [-0.25, -0.2) is 14.5 Å². The first-order valence-corrected chi connectivity index (χ1v) is 10.5. The van der Waals surface area contributed by atoms with Crippen LogP contribution in [0.15, 0.2) is 60.7 Å².